The molecule has 84 valence electrons. The van der Waals surface area contributed by atoms with Gasteiger partial charge in [0.25, 0.3) is 0 Å². The zero-order valence-electron chi connectivity index (χ0n) is 8.69. The minimum absolute atomic E-state index is 0.0189. The summed E-state index contributed by atoms with van der Waals surface area (Å²) >= 11 is 3.41. The number of carbonyl (C=O) groups excluding carboxylic acids is 1. The molecule has 2 unspecified atom stereocenters. The average Bonchev–Trinajstić information content (AvgIpc) is 2.26. The number of allylic oxidation sites excluding steroid dienone is 1. The van der Waals surface area contributed by atoms with Crippen LogP contribution in [0.15, 0.2) is 12.3 Å². The Balaban J connectivity index is 1.87. The molecule has 1 amide bonds. The summed E-state index contributed by atoms with van der Waals surface area (Å²) in [6.45, 7) is 1.62. The van der Waals surface area contributed by atoms with E-state index in [-0.39, 0.29) is 16.8 Å². The molecule has 0 radical (unpaired) electrons. The van der Waals surface area contributed by atoms with Gasteiger partial charge in [0.1, 0.15) is 6.10 Å². The minimum atomic E-state index is 0.0189. The molecule has 2 atom stereocenters. The molecule has 3 nitrogen and oxygen atoms in total. The number of alkyl halides is 1. The van der Waals surface area contributed by atoms with Crippen LogP contribution in [0, 0.1) is 0 Å². The van der Waals surface area contributed by atoms with E-state index in [0.717, 1.165) is 38.8 Å². The van der Waals surface area contributed by atoms with Gasteiger partial charge in [-0.25, -0.2) is 0 Å². The monoisotopic (exact) mass is 273 g/mol. The van der Waals surface area contributed by atoms with Gasteiger partial charge < -0.3 is 9.64 Å². The molecule has 0 bridgehead atoms. The molecule has 4 heteroatoms. The van der Waals surface area contributed by atoms with Crippen LogP contribution in [-0.4, -0.2) is 34.8 Å². The van der Waals surface area contributed by atoms with Gasteiger partial charge >= 0.3 is 0 Å². The first kappa shape index (κ1) is 11.0. The van der Waals surface area contributed by atoms with E-state index in [1.54, 1.807) is 6.26 Å². The number of hydrogen-bond donors (Lipinski definition) is 0. The summed E-state index contributed by atoms with van der Waals surface area (Å²) in [5.41, 5.74) is 0. The fourth-order valence-corrected chi connectivity index (χ4v) is 2.65. The predicted molar refractivity (Wildman–Crippen MR) is 61.8 cm³/mol. The van der Waals surface area contributed by atoms with Gasteiger partial charge in [-0.2, -0.15) is 0 Å². The number of nitrogens with zero attached hydrogens (tertiary/aromatic N) is 1. The first-order chi connectivity index (χ1) is 7.27. The number of halogens is 1. The fourth-order valence-electron chi connectivity index (χ4n) is 2.04. The minimum Gasteiger partial charge on any atom is -0.497 e. The average molecular weight is 274 g/mol. The third kappa shape index (κ3) is 2.74. The molecule has 2 aliphatic heterocycles. The van der Waals surface area contributed by atoms with Gasteiger partial charge in [0.2, 0.25) is 5.91 Å². The van der Waals surface area contributed by atoms with Crippen molar-refractivity contribution < 1.29 is 9.53 Å². The first-order valence-corrected chi connectivity index (χ1v) is 6.42. The third-order valence-corrected chi connectivity index (χ3v) is 3.76. The smallest absolute Gasteiger partial charge is 0.236 e. The van der Waals surface area contributed by atoms with Crippen LogP contribution in [-0.2, 0) is 9.53 Å². The molecule has 2 rings (SSSR count). The van der Waals surface area contributed by atoms with E-state index < -0.39 is 0 Å². The predicted octanol–water partition coefficient (Wildman–Crippen LogP) is 2.06. The summed E-state index contributed by atoms with van der Waals surface area (Å²) in [4.78, 5) is 13.7. The van der Waals surface area contributed by atoms with E-state index in [0.29, 0.717) is 0 Å². The normalized spacial score (nSPS) is 31.5. The molecule has 0 aliphatic carbocycles. The van der Waals surface area contributed by atoms with Crippen molar-refractivity contribution >= 4 is 21.8 Å². The molecule has 1 fully saturated rings. The molecule has 2 aliphatic rings. The lowest BCUT2D eigenvalue weighted by atomic mass is 10.1. The molecule has 1 saturated heterocycles. The summed E-state index contributed by atoms with van der Waals surface area (Å²) in [7, 11) is 0. The molecule has 15 heavy (non-hydrogen) atoms. The zero-order valence-corrected chi connectivity index (χ0v) is 10.3. The Hall–Kier alpha value is -0.510. The largest absolute Gasteiger partial charge is 0.497 e. The van der Waals surface area contributed by atoms with Crippen molar-refractivity contribution in [2.24, 2.45) is 0 Å². The Morgan fingerprint density at radius 3 is 3.13 bits per heavy atom. The Morgan fingerprint density at radius 2 is 2.40 bits per heavy atom. The van der Waals surface area contributed by atoms with Crippen LogP contribution in [0.2, 0.25) is 0 Å². The van der Waals surface area contributed by atoms with Crippen molar-refractivity contribution in [2.45, 2.75) is 36.6 Å². The summed E-state index contributed by atoms with van der Waals surface area (Å²) in [5.74, 6) is 0.222. The number of rotatable bonds is 2. The summed E-state index contributed by atoms with van der Waals surface area (Å²) in [6.07, 6.45) is 8.11. The van der Waals surface area contributed by atoms with E-state index in [2.05, 4.69) is 15.9 Å². The Bertz CT molecular complexity index is 267. The highest BCUT2D eigenvalue weighted by molar-refractivity contribution is 9.10. The van der Waals surface area contributed by atoms with E-state index in [9.17, 15) is 4.79 Å². The van der Waals surface area contributed by atoms with Gasteiger partial charge in [-0.05, 0) is 31.8 Å². The number of piperidine rings is 1. The summed E-state index contributed by atoms with van der Waals surface area (Å²) < 4.78 is 5.47. The van der Waals surface area contributed by atoms with Crippen LogP contribution in [0.5, 0.6) is 0 Å². The maximum absolute atomic E-state index is 11.8. The number of carbonyl (C=O) groups is 1. The highest BCUT2D eigenvalue weighted by Crippen LogP contribution is 2.20. The van der Waals surface area contributed by atoms with E-state index >= 15 is 0 Å². The highest BCUT2D eigenvalue weighted by atomic mass is 79.9. The number of likely N-dealkylation sites (tertiary alicyclic amines) is 1. The maximum Gasteiger partial charge on any atom is 0.236 e. The van der Waals surface area contributed by atoms with Gasteiger partial charge in [0, 0.05) is 6.54 Å². The SMILES string of the molecule is O=C1C(Br)CCCN1CC1CCC=CO1. The van der Waals surface area contributed by atoms with E-state index in [4.69, 9.17) is 4.74 Å². The second-order valence-electron chi connectivity index (χ2n) is 4.10. The van der Waals surface area contributed by atoms with Crippen LogP contribution in [0.25, 0.3) is 0 Å². The lowest BCUT2D eigenvalue weighted by Crippen LogP contribution is -2.45. The molecular formula is C11H16BrNO2. The molecule has 0 saturated carbocycles. The Morgan fingerprint density at radius 1 is 1.53 bits per heavy atom. The second kappa shape index (κ2) is 5.01. The Labute approximate surface area is 98.6 Å². The van der Waals surface area contributed by atoms with Crippen molar-refractivity contribution in [1.29, 1.82) is 0 Å². The van der Waals surface area contributed by atoms with Crippen molar-refractivity contribution in [3.05, 3.63) is 12.3 Å². The van der Waals surface area contributed by atoms with Crippen LogP contribution >= 0.6 is 15.9 Å². The molecule has 0 N–H and O–H groups in total. The number of hydrogen-bond acceptors (Lipinski definition) is 2. The molecule has 2 heterocycles. The first-order valence-electron chi connectivity index (χ1n) is 5.50. The lowest BCUT2D eigenvalue weighted by Gasteiger charge is -2.33. The fraction of sp³-hybridized carbons (Fsp3) is 0.727. The van der Waals surface area contributed by atoms with Gasteiger partial charge in [0.15, 0.2) is 0 Å². The van der Waals surface area contributed by atoms with Crippen molar-refractivity contribution in [2.75, 3.05) is 13.1 Å². The van der Waals surface area contributed by atoms with Crippen LogP contribution < -0.4 is 0 Å². The summed E-state index contributed by atoms with van der Waals surface area (Å²) in [5, 5.41) is 0. The van der Waals surface area contributed by atoms with E-state index in [1.165, 1.54) is 0 Å². The quantitative estimate of drug-likeness (QED) is 0.721. The molecular weight excluding hydrogens is 258 g/mol. The van der Waals surface area contributed by atoms with Crippen molar-refractivity contribution in [1.82, 2.24) is 4.90 Å². The molecule has 0 aromatic carbocycles. The van der Waals surface area contributed by atoms with Gasteiger partial charge in [-0.3, -0.25) is 4.79 Å². The van der Waals surface area contributed by atoms with Crippen LogP contribution in [0.1, 0.15) is 25.7 Å². The van der Waals surface area contributed by atoms with Gasteiger partial charge in [0.05, 0.1) is 17.6 Å². The third-order valence-electron chi connectivity index (χ3n) is 2.91. The highest BCUT2D eigenvalue weighted by Gasteiger charge is 2.28. The van der Waals surface area contributed by atoms with Crippen molar-refractivity contribution in [3.8, 4) is 0 Å². The molecule has 0 aromatic rings. The number of ether oxygens (including phenoxy) is 1. The lowest BCUT2D eigenvalue weighted by molar-refractivity contribution is -0.134. The standard InChI is InChI=1S/C11H16BrNO2/c12-10-5-3-6-13(11(10)14)8-9-4-1-2-7-15-9/h2,7,9-10H,1,3-6,8H2. The van der Waals surface area contributed by atoms with Crippen molar-refractivity contribution in [3.63, 3.8) is 0 Å². The van der Waals surface area contributed by atoms with Crippen LogP contribution in [0.3, 0.4) is 0 Å². The molecule has 0 aromatic heterocycles. The second-order valence-corrected chi connectivity index (χ2v) is 5.21. The number of amides is 1. The summed E-state index contributed by atoms with van der Waals surface area (Å²) in [6, 6.07) is 0. The maximum atomic E-state index is 11.8. The topological polar surface area (TPSA) is 29.5 Å². The molecule has 0 spiro atoms. The zero-order chi connectivity index (χ0) is 10.7. The Kier molecular flexibility index (Phi) is 3.67. The van der Waals surface area contributed by atoms with Gasteiger partial charge in [-0.15, -0.1) is 0 Å². The van der Waals surface area contributed by atoms with Gasteiger partial charge in [-0.1, -0.05) is 15.9 Å². The van der Waals surface area contributed by atoms with Crippen LogP contribution in [0.4, 0.5) is 0 Å². The van der Waals surface area contributed by atoms with E-state index in [1.807, 2.05) is 11.0 Å².